The van der Waals surface area contributed by atoms with Crippen LogP contribution in [0.15, 0.2) is 12.3 Å². The van der Waals surface area contributed by atoms with Gasteiger partial charge in [-0.1, -0.05) is 0 Å². The molecule has 0 aliphatic heterocycles. The Bertz CT molecular complexity index is 346. The number of ether oxygens (including phenoxy) is 2. The van der Waals surface area contributed by atoms with Gasteiger partial charge in [0.25, 0.3) is 0 Å². The summed E-state index contributed by atoms with van der Waals surface area (Å²) >= 11 is 0. The minimum absolute atomic E-state index is 0.376. The zero-order valence-corrected chi connectivity index (χ0v) is 8.60. The van der Waals surface area contributed by atoms with Crippen molar-refractivity contribution in [3.63, 3.8) is 0 Å². The van der Waals surface area contributed by atoms with Crippen molar-refractivity contribution in [1.82, 2.24) is 10.2 Å². The van der Waals surface area contributed by atoms with Crippen molar-refractivity contribution in [2.24, 2.45) is 0 Å². The molecule has 0 aliphatic rings. The van der Waals surface area contributed by atoms with Gasteiger partial charge in [0, 0.05) is 14.2 Å². The molecule has 0 spiro atoms. The third-order valence-corrected chi connectivity index (χ3v) is 1.80. The quantitative estimate of drug-likeness (QED) is 0.704. The van der Waals surface area contributed by atoms with E-state index in [1.165, 1.54) is 20.4 Å². The zero-order valence-electron chi connectivity index (χ0n) is 8.60. The second kappa shape index (κ2) is 5.90. The number of aromatic nitrogens is 2. The van der Waals surface area contributed by atoms with Gasteiger partial charge in [0.1, 0.15) is 6.07 Å². The molecule has 1 rings (SSSR count). The van der Waals surface area contributed by atoms with Crippen molar-refractivity contribution >= 4 is 5.82 Å². The normalized spacial score (nSPS) is 10.0. The van der Waals surface area contributed by atoms with Crippen LogP contribution in [0, 0.1) is 11.3 Å². The minimum atomic E-state index is -0.376. The maximum absolute atomic E-state index is 8.78. The SMILES string of the molecule is COC(CNc1nnccc1C#N)OC. The van der Waals surface area contributed by atoms with E-state index in [1.54, 1.807) is 6.07 Å². The summed E-state index contributed by atoms with van der Waals surface area (Å²) in [7, 11) is 3.08. The predicted octanol–water partition coefficient (Wildman–Crippen LogP) is 0.379. The monoisotopic (exact) mass is 208 g/mol. The van der Waals surface area contributed by atoms with Crippen molar-refractivity contribution in [2.45, 2.75) is 6.29 Å². The van der Waals surface area contributed by atoms with Crippen LogP contribution < -0.4 is 5.32 Å². The lowest BCUT2D eigenvalue weighted by Crippen LogP contribution is -2.24. The molecule has 0 atom stereocenters. The lowest BCUT2D eigenvalue weighted by molar-refractivity contribution is -0.0914. The second-order valence-corrected chi connectivity index (χ2v) is 2.69. The van der Waals surface area contributed by atoms with E-state index in [2.05, 4.69) is 15.5 Å². The van der Waals surface area contributed by atoms with Gasteiger partial charge in [-0.05, 0) is 6.07 Å². The number of methoxy groups -OCH3 is 2. The van der Waals surface area contributed by atoms with E-state index in [9.17, 15) is 0 Å². The summed E-state index contributed by atoms with van der Waals surface area (Å²) in [6, 6.07) is 3.60. The molecule has 0 bridgehead atoms. The van der Waals surface area contributed by atoms with Crippen LogP contribution in [0.5, 0.6) is 0 Å². The molecule has 0 saturated heterocycles. The number of anilines is 1. The molecule has 1 heterocycles. The maximum Gasteiger partial charge on any atom is 0.173 e. The molecule has 0 fully saturated rings. The summed E-state index contributed by atoms with van der Waals surface area (Å²) in [5, 5.41) is 19.2. The Labute approximate surface area is 87.8 Å². The number of hydrogen-bond donors (Lipinski definition) is 1. The fourth-order valence-electron chi connectivity index (χ4n) is 0.995. The average Bonchev–Trinajstić information content (AvgIpc) is 2.31. The Morgan fingerprint density at radius 2 is 2.27 bits per heavy atom. The summed E-state index contributed by atoms with van der Waals surface area (Å²) in [5.74, 6) is 0.430. The van der Waals surface area contributed by atoms with Crippen molar-refractivity contribution in [3.05, 3.63) is 17.8 Å². The van der Waals surface area contributed by atoms with Gasteiger partial charge in [0.05, 0.1) is 18.3 Å². The highest BCUT2D eigenvalue weighted by Crippen LogP contribution is 2.08. The summed E-state index contributed by atoms with van der Waals surface area (Å²) in [4.78, 5) is 0. The van der Waals surface area contributed by atoms with Crippen molar-refractivity contribution in [1.29, 1.82) is 5.26 Å². The van der Waals surface area contributed by atoms with Crippen LogP contribution in [0.1, 0.15) is 5.56 Å². The van der Waals surface area contributed by atoms with E-state index in [-0.39, 0.29) is 6.29 Å². The fraction of sp³-hybridized carbons (Fsp3) is 0.444. The summed E-state index contributed by atoms with van der Waals surface area (Å²) in [6.07, 6.45) is 1.09. The van der Waals surface area contributed by atoms with Crippen LogP contribution >= 0.6 is 0 Å². The van der Waals surface area contributed by atoms with Crippen LogP contribution in [0.3, 0.4) is 0 Å². The van der Waals surface area contributed by atoms with E-state index in [4.69, 9.17) is 14.7 Å². The Morgan fingerprint density at radius 1 is 1.53 bits per heavy atom. The van der Waals surface area contributed by atoms with Gasteiger partial charge in [-0.2, -0.15) is 10.4 Å². The molecule has 0 aromatic carbocycles. The van der Waals surface area contributed by atoms with E-state index in [1.807, 2.05) is 6.07 Å². The Kier molecular flexibility index (Phi) is 4.47. The third-order valence-electron chi connectivity index (χ3n) is 1.80. The standard InChI is InChI=1S/C9H12N4O2/c1-14-8(15-2)6-11-9-7(5-10)3-4-12-13-9/h3-4,8H,6H2,1-2H3,(H,11,13). The molecule has 1 aromatic heterocycles. The Morgan fingerprint density at radius 3 is 2.87 bits per heavy atom. The second-order valence-electron chi connectivity index (χ2n) is 2.69. The van der Waals surface area contributed by atoms with Crippen LogP contribution in [0.2, 0.25) is 0 Å². The first-order valence-corrected chi connectivity index (χ1v) is 4.33. The van der Waals surface area contributed by atoms with Crippen molar-refractivity contribution in [2.75, 3.05) is 26.1 Å². The lowest BCUT2D eigenvalue weighted by Gasteiger charge is -2.14. The Balaban J connectivity index is 2.61. The zero-order chi connectivity index (χ0) is 11.1. The molecular formula is C9H12N4O2. The highest BCUT2D eigenvalue weighted by atomic mass is 16.7. The summed E-state index contributed by atoms with van der Waals surface area (Å²) < 4.78 is 9.96. The van der Waals surface area contributed by atoms with Gasteiger partial charge in [-0.3, -0.25) is 0 Å². The molecule has 15 heavy (non-hydrogen) atoms. The molecule has 1 N–H and O–H groups in total. The van der Waals surface area contributed by atoms with E-state index >= 15 is 0 Å². The summed E-state index contributed by atoms with van der Waals surface area (Å²) in [5.41, 5.74) is 0.441. The first-order valence-electron chi connectivity index (χ1n) is 4.33. The molecule has 1 aromatic rings. The molecular weight excluding hydrogens is 196 g/mol. The van der Waals surface area contributed by atoms with Crippen LogP contribution in [-0.2, 0) is 9.47 Å². The number of nitrogens with zero attached hydrogens (tertiary/aromatic N) is 3. The van der Waals surface area contributed by atoms with Gasteiger partial charge in [0.2, 0.25) is 0 Å². The van der Waals surface area contributed by atoms with Gasteiger partial charge in [-0.15, -0.1) is 5.10 Å². The van der Waals surface area contributed by atoms with E-state index < -0.39 is 0 Å². The smallest absolute Gasteiger partial charge is 0.173 e. The molecule has 0 saturated carbocycles. The van der Waals surface area contributed by atoms with Gasteiger partial charge in [-0.25, -0.2) is 0 Å². The number of nitrogens with one attached hydrogen (secondary N) is 1. The molecule has 0 amide bonds. The Hall–Kier alpha value is -1.71. The average molecular weight is 208 g/mol. The van der Waals surface area contributed by atoms with Crippen LogP contribution in [0.4, 0.5) is 5.82 Å². The minimum Gasteiger partial charge on any atom is -0.362 e. The third kappa shape index (κ3) is 3.16. The first kappa shape index (κ1) is 11.4. The molecule has 0 radical (unpaired) electrons. The number of rotatable bonds is 5. The topological polar surface area (TPSA) is 80.1 Å². The van der Waals surface area contributed by atoms with Gasteiger partial charge < -0.3 is 14.8 Å². The summed E-state index contributed by atoms with van der Waals surface area (Å²) in [6.45, 7) is 0.403. The van der Waals surface area contributed by atoms with Gasteiger partial charge >= 0.3 is 0 Å². The molecule has 6 heteroatoms. The highest BCUT2D eigenvalue weighted by molar-refractivity contribution is 5.50. The molecule has 0 unspecified atom stereocenters. The largest absolute Gasteiger partial charge is 0.362 e. The number of nitriles is 1. The van der Waals surface area contributed by atoms with Crippen molar-refractivity contribution in [3.8, 4) is 6.07 Å². The van der Waals surface area contributed by atoms with Gasteiger partial charge in [0.15, 0.2) is 12.1 Å². The van der Waals surface area contributed by atoms with E-state index in [0.29, 0.717) is 17.9 Å². The van der Waals surface area contributed by atoms with E-state index in [0.717, 1.165) is 0 Å². The maximum atomic E-state index is 8.78. The fourth-order valence-corrected chi connectivity index (χ4v) is 0.995. The molecule has 0 aliphatic carbocycles. The highest BCUT2D eigenvalue weighted by Gasteiger charge is 2.07. The van der Waals surface area contributed by atoms with Crippen LogP contribution in [0.25, 0.3) is 0 Å². The predicted molar refractivity (Wildman–Crippen MR) is 53.0 cm³/mol. The van der Waals surface area contributed by atoms with Crippen molar-refractivity contribution < 1.29 is 9.47 Å². The molecule has 6 nitrogen and oxygen atoms in total. The first-order chi connectivity index (χ1) is 7.31. The molecule has 80 valence electrons. The lowest BCUT2D eigenvalue weighted by atomic mass is 10.3. The number of hydrogen-bond acceptors (Lipinski definition) is 6. The van der Waals surface area contributed by atoms with Crippen LogP contribution in [-0.4, -0.2) is 37.3 Å².